The zero-order valence-electron chi connectivity index (χ0n) is 30.9. The van der Waals surface area contributed by atoms with Gasteiger partial charge in [0.05, 0.1) is 31.6 Å². The van der Waals surface area contributed by atoms with E-state index in [2.05, 4.69) is 43.8 Å². The molecule has 0 saturated carbocycles. The molecule has 2 fully saturated rings. The number of aromatic amines is 1. The fraction of sp³-hybridized carbons (Fsp3) is 0.375. The van der Waals surface area contributed by atoms with Gasteiger partial charge in [-0.3, -0.25) is 19.3 Å². The predicted molar refractivity (Wildman–Crippen MR) is 208 cm³/mol. The number of hydrogen-bond acceptors (Lipinski definition) is 8. The molecule has 4 aromatic rings. The van der Waals surface area contributed by atoms with Crippen molar-refractivity contribution >= 4 is 55.1 Å². The van der Waals surface area contributed by atoms with Gasteiger partial charge in [-0.25, -0.2) is 14.6 Å². The van der Waals surface area contributed by atoms with Gasteiger partial charge in [0, 0.05) is 29.9 Å². The highest BCUT2D eigenvalue weighted by atomic mass is 31.1. The van der Waals surface area contributed by atoms with Crippen LogP contribution in [0.1, 0.15) is 62.3 Å². The van der Waals surface area contributed by atoms with Crippen LogP contribution in [0.15, 0.2) is 66.9 Å². The Hall–Kier alpha value is -5.55. The number of amides is 4. The van der Waals surface area contributed by atoms with Crippen LogP contribution in [-0.4, -0.2) is 106 Å². The molecule has 6 rings (SSSR count). The van der Waals surface area contributed by atoms with Crippen LogP contribution in [0.25, 0.3) is 33.2 Å². The number of hydrogen-bond donors (Lipinski definition) is 3. The lowest BCUT2D eigenvalue weighted by molar-refractivity contribution is -0.131. The number of H-pyrrole nitrogens is 1. The normalized spacial score (nSPS) is 18.5. The van der Waals surface area contributed by atoms with Gasteiger partial charge in [-0.05, 0) is 74.1 Å². The Kier molecular flexibility index (Phi) is 11.5. The largest absolute Gasteiger partial charge is 0.453 e. The van der Waals surface area contributed by atoms with Crippen molar-refractivity contribution in [2.24, 2.45) is 0 Å². The van der Waals surface area contributed by atoms with Crippen LogP contribution in [0.2, 0.25) is 0 Å². The van der Waals surface area contributed by atoms with Crippen LogP contribution < -0.4 is 10.6 Å². The molecule has 1 aromatic heterocycles. The Labute approximate surface area is 315 Å². The highest BCUT2D eigenvalue weighted by Gasteiger charge is 2.41. The number of ketones is 1. The van der Waals surface area contributed by atoms with Crippen LogP contribution in [0.4, 0.5) is 9.59 Å². The molecule has 2 aliphatic rings. The maximum atomic E-state index is 13.1. The second kappa shape index (κ2) is 16.2. The summed E-state index contributed by atoms with van der Waals surface area (Å²) in [6.45, 7) is 5.97. The van der Waals surface area contributed by atoms with E-state index in [9.17, 15) is 24.0 Å². The Morgan fingerprint density at radius 2 is 1.61 bits per heavy atom. The van der Waals surface area contributed by atoms with Crippen molar-refractivity contribution in [3.8, 4) is 22.4 Å². The van der Waals surface area contributed by atoms with E-state index < -0.39 is 23.8 Å². The van der Waals surface area contributed by atoms with Crippen molar-refractivity contribution in [1.29, 1.82) is 0 Å². The van der Waals surface area contributed by atoms with Gasteiger partial charge in [0.25, 0.3) is 0 Å². The molecule has 14 heteroatoms. The summed E-state index contributed by atoms with van der Waals surface area (Å²) >= 11 is 0. The lowest BCUT2D eigenvalue weighted by atomic mass is 9.98. The lowest BCUT2D eigenvalue weighted by Gasteiger charge is -2.28. The third kappa shape index (κ3) is 8.80. The zero-order valence-corrected chi connectivity index (χ0v) is 31.8. The molecule has 0 aliphatic carbocycles. The minimum atomic E-state index is -0.723. The number of rotatable bonds is 10. The van der Waals surface area contributed by atoms with Gasteiger partial charge in [0.1, 0.15) is 24.0 Å². The van der Waals surface area contributed by atoms with Crippen LogP contribution in [-0.2, 0) is 19.1 Å². The summed E-state index contributed by atoms with van der Waals surface area (Å²) in [6, 6.07) is 18.7. The highest BCUT2D eigenvalue weighted by molar-refractivity contribution is 7.37. The number of carbonyl (C=O) groups excluding carboxylic acids is 5. The van der Waals surface area contributed by atoms with E-state index in [0.29, 0.717) is 30.9 Å². The van der Waals surface area contributed by atoms with E-state index in [1.165, 1.54) is 12.0 Å². The number of likely N-dealkylation sites (tertiary alicyclic amines) is 2. The molecular weight excluding hydrogens is 707 g/mol. The molecule has 0 bridgehead atoms. The van der Waals surface area contributed by atoms with Crippen LogP contribution in [0.3, 0.4) is 0 Å². The molecule has 3 N–H and O–H groups in total. The lowest BCUT2D eigenvalue weighted by Crippen LogP contribution is -2.48. The summed E-state index contributed by atoms with van der Waals surface area (Å²) in [6.07, 6.45) is 6.57. The summed E-state index contributed by atoms with van der Waals surface area (Å²) in [4.78, 5) is 74.4. The predicted octanol–water partition coefficient (Wildman–Crippen LogP) is 5.97. The Morgan fingerprint density at radius 3 is 2.30 bits per heavy atom. The smallest absolute Gasteiger partial charge is 0.411 e. The van der Waals surface area contributed by atoms with E-state index >= 15 is 0 Å². The fourth-order valence-corrected chi connectivity index (χ4v) is 7.51. The Balaban J connectivity index is 1.07. The van der Waals surface area contributed by atoms with E-state index in [1.807, 2.05) is 36.4 Å². The topological polar surface area (TPSA) is 163 Å². The Morgan fingerprint density at radius 1 is 0.926 bits per heavy atom. The minimum Gasteiger partial charge on any atom is -0.453 e. The zero-order chi connectivity index (χ0) is 38.6. The molecule has 0 radical (unpaired) electrons. The molecule has 4 amide bonds. The number of nitrogens with zero attached hydrogens (tertiary/aromatic N) is 3. The van der Waals surface area contributed by atoms with Crippen molar-refractivity contribution in [2.45, 2.75) is 63.4 Å². The van der Waals surface area contributed by atoms with E-state index in [0.717, 1.165) is 54.2 Å². The van der Waals surface area contributed by atoms with Crippen molar-refractivity contribution in [3.63, 3.8) is 0 Å². The van der Waals surface area contributed by atoms with E-state index in [-0.39, 0.29) is 42.4 Å². The van der Waals surface area contributed by atoms with Crippen molar-refractivity contribution in [3.05, 3.63) is 78.2 Å². The average molecular weight is 753 g/mol. The number of alkyl carbamates (subject to hydrolysis) is 1. The summed E-state index contributed by atoms with van der Waals surface area (Å²) in [7, 11) is 2.10. The van der Waals surface area contributed by atoms with Gasteiger partial charge in [0.15, 0.2) is 5.78 Å². The maximum Gasteiger partial charge on any atom is 0.411 e. The third-order valence-electron chi connectivity index (χ3n) is 9.64. The second-order valence-electron chi connectivity index (χ2n) is 14.5. The quantitative estimate of drug-likeness (QED) is 0.132. The number of imidazole rings is 1. The van der Waals surface area contributed by atoms with E-state index in [4.69, 9.17) is 4.74 Å². The minimum absolute atomic E-state index is 0.0524. The maximum absolute atomic E-state index is 13.1. The molecule has 2 aliphatic heterocycles. The number of aromatic nitrogens is 2. The average Bonchev–Trinajstić information content (AvgIpc) is 3.95. The van der Waals surface area contributed by atoms with Crippen molar-refractivity contribution in [1.82, 2.24) is 30.4 Å². The number of nitrogens with one attached hydrogen (secondary N) is 3. The number of methoxy groups -OCH3 is 1. The van der Waals surface area contributed by atoms with Crippen LogP contribution >= 0.6 is 8.20 Å². The second-order valence-corrected chi connectivity index (χ2v) is 15.6. The summed E-state index contributed by atoms with van der Waals surface area (Å²) < 4.78 is 10.1. The summed E-state index contributed by atoms with van der Waals surface area (Å²) in [5.74, 6) is -0.110. The number of Topliss-reactive ketones (excluding diaryl/α,β-unsaturated/α-hetero) is 1. The van der Waals surface area contributed by atoms with Crippen molar-refractivity contribution in [2.75, 3.05) is 33.3 Å². The summed E-state index contributed by atoms with van der Waals surface area (Å²) in [5.41, 5.74) is 3.55. The molecule has 2 saturated heterocycles. The molecule has 3 unspecified atom stereocenters. The third-order valence-corrected chi connectivity index (χ3v) is 10.5. The first kappa shape index (κ1) is 38.2. The van der Waals surface area contributed by atoms with Crippen molar-refractivity contribution < 1.29 is 33.4 Å². The number of carbonyl (C=O) groups is 5. The van der Waals surface area contributed by atoms with Gasteiger partial charge in [-0.15, -0.1) is 8.20 Å². The number of ether oxygens (including phenoxy) is 2. The SMILES string of the molecule is C=PC1CC(C(=O)NCC(=O)c2ccc(-c3ccc4cc(-c5cnc(C6CCCN6C(=O)CNC(=O)OC)[nH]5)ccc4c3)cc2)N(C(=O)OC(C)(C)C)C1. The van der Waals surface area contributed by atoms with Gasteiger partial charge in [0.2, 0.25) is 11.8 Å². The first-order chi connectivity index (χ1) is 25.8. The first-order valence-corrected chi connectivity index (χ1v) is 19.1. The molecule has 13 nitrogen and oxygen atoms in total. The number of benzene rings is 3. The molecule has 3 heterocycles. The van der Waals surface area contributed by atoms with Gasteiger partial charge in [-0.2, -0.15) is 0 Å². The monoisotopic (exact) mass is 752 g/mol. The Bertz CT molecular complexity index is 2070. The molecule has 3 atom stereocenters. The van der Waals surface area contributed by atoms with Crippen LogP contribution in [0.5, 0.6) is 0 Å². The molecular formula is C40H45N6O7P. The van der Waals surface area contributed by atoms with Crippen LogP contribution in [0, 0.1) is 0 Å². The standard InChI is InChI=1S/C40H45N6O7P/c1-40(2,3)53-39(51)46-23-30(54-5)19-33(46)37(49)42-21-34(47)25-10-8-24(9-11-25)26-12-13-28-18-29(15-14-27(28)17-26)31-20-41-36(44-31)32-7-6-16-45(32)35(48)22-43-38(50)52-4/h8-15,17-18,20,30,32-33H,5-7,16,19,21-23H2,1-4H3,(H,41,44)(H,42,49)(H,43,50). The van der Waals surface area contributed by atoms with Gasteiger partial charge in [-0.1, -0.05) is 54.8 Å². The molecule has 54 heavy (non-hydrogen) atoms. The fourth-order valence-electron chi connectivity index (χ4n) is 6.87. The molecule has 282 valence electrons. The number of fused-ring (bicyclic) bond motifs is 1. The molecule has 0 spiro atoms. The van der Waals surface area contributed by atoms with Gasteiger partial charge >= 0.3 is 12.2 Å². The van der Waals surface area contributed by atoms with E-state index in [1.54, 1.807) is 44.0 Å². The van der Waals surface area contributed by atoms with Gasteiger partial charge < -0.3 is 30.0 Å². The first-order valence-electron chi connectivity index (χ1n) is 17.9. The summed E-state index contributed by atoms with van der Waals surface area (Å²) in [5, 5.41) is 7.26. The molecule has 3 aromatic carbocycles. The highest BCUT2D eigenvalue weighted by Crippen LogP contribution is 2.33.